The zero-order valence-electron chi connectivity index (χ0n) is 9.34. The van der Waals surface area contributed by atoms with Crippen molar-refractivity contribution in [3.8, 4) is 0 Å². The fourth-order valence-corrected chi connectivity index (χ4v) is 0.872. The summed E-state index contributed by atoms with van der Waals surface area (Å²) in [5, 5.41) is 6.34. The van der Waals surface area contributed by atoms with Gasteiger partial charge in [0, 0.05) is 45.7 Å². The highest BCUT2D eigenvalue weighted by atomic mass is 16.7. The maximum Gasteiger partial charge on any atom is 0.324 e. The van der Waals surface area contributed by atoms with E-state index in [9.17, 15) is 4.79 Å². The number of nitrogens with one attached hydrogen (secondary N) is 3. The van der Waals surface area contributed by atoms with Crippen LogP contribution in [-0.4, -0.2) is 45.2 Å². The van der Waals surface area contributed by atoms with Crippen molar-refractivity contribution >= 4 is 5.97 Å². The molecule has 0 atom stereocenters. The van der Waals surface area contributed by atoms with Gasteiger partial charge in [-0.1, -0.05) is 6.92 Å². The third-order valence-electron chi connectivity index (χ3n) is 1.68. The number of carbonyl (C=O) groups excluding carboxylic acids is 1. The van der Waals surface area contributed by atoms with Gasteiger partial charge in [-0.3, -0.25) is 4.79 Å². The number of nitrogens with two attached hydrogens (primary N) is 1. The van der Waals surface area contributed by atoms with Crippen molar-refractivity contribution in [2.75, 3.05) is 39.3 Å². The monoisotopic (exact) mass is 218 g/mol. The number of hydrogen-bond donors (Lipinski definition) is 4. The smallest absolute Gasteiger partial charge is 0.324 e. The van der Waals surface area contributed by atoms with Gasteiger partial charge >= 0.3 is 5.97 Å². The highest BCUT2D eigenvalue weighted by Gasteiger charge is 1.95. The molecule has 0 aromatic carbocycles. The molecule has 90 valence electrons. The average Bonchev–Trinajstić information content (AvgIpc) is 2.26. The molecule has 0 aromatic rings. The van der Waals surface area contributed by atoms with Gasteiger partial charge in [0.15, 0.2) is 0 Å². The number of rotatable bonds is 10. The minimum Gasteiger partial charge on any atom is -0.371 e. The van der Waals surface area contributed by atoms with Gasteiger partial charge in [-0.15, -0.1) is 0 Å². The zero-order chi connectivity index (χ0) is 11.4. The minimum absolute atomic E-state index is 0.236. The van der Waals surface area contributed by atoms with Crippen LogP contribution in [0.2, 0.25) is 0 Å². The lowest BCUT2D eigenvalue weighted by molar-refractivity contribution is -0.150. The number of hydrogen-bond acceptors (Lipinski definition) is 6. The topological polar surface area (TPSA) is 88.4 Å². The number of hydroxylamine groups is 1. The first kappa shape index (κ1) is 14.3. The molecule has 0 aliphatic rings. The van der Waals surface area contributed by atoms with Crippen LogP contribution in [0.4, 0.5) is 0 Å². The molecule has 0 unspecified atom stereocenters. The molecule has 0 aliphatic heterocycles. The molecule has 0 amide bonds. The Morgan fingerprint density at radius 3 is 2.33 bits per heavy atom. The molecule has 0 heterocycles. The van der Waals surface area contributed by atoms with E-state index in [0.717, 1.165) is 26.2 Å². The lowest BCUT2D eigenvalue weighted by atomic mass is 10.5. The molecule has 0 bridgehead atoms. The maximum atomic E-state index is 10.7. The molecule has 6 heteroatoms. The first-order valence-corrected chi connectivity index (χ1v) is 5.35. The summed E-state index contributed by atoms with van der Waals surface area (Å²) in [6.45, 7) is 6.41. The molecule has 0 saturated heterocycles. The Kier molecular flexibility index (Phi) is 10.9. The zero-order valence-corrected chi connectivity index (χ0v) is 9.34. The van der Waals surface area contributed by atoms with E-state index in [0.29, 0.717) is 19.5 Å². The quantitative estimate of drug-likeness (QED) is 0.266. The van der Waals surface area contributed by atoms with Crippen molar-refractivity contribution in [3.05, 3.63) is 0 Å². The third-order valence-corrected chi connectivity index (χ3v) is 1.68. The Morgan fingerprint density at radius 1 is 1.13 bits per heavy atom. The summed E-state index contributed by atoms with van der Waals surface area (Å²) in [7, 11) is 0. The van der Waals surface area contributed by atoms with Crippen LogP contribution in [-0.2, 0) is 9.63 Å². The molecule has 0 aliphatic carbocycles. The van der Waals surface area contributed by atoms with Crippen molar-refractivity contribution in [3.63, 3.8) is 0 Å². The normalized spacial score (nSPS) is 10.3. The summed E-state index contributed by atoms with van der Waals surface area (Å²) >= 11 is 0. The Balaban J connectivity index is 2.95. The van der Waals surface area contributed by atoms with E-state index in [-0.39, 0.29) is 5.97 Å². The molecule has 0 aromatic heterocycles. The summed E-state index contributed by atoms with van der Waals surface area (Å²) in [4.78, 5) is 15.4. The number of carbonyl (C=O) groups is 1. The van der Waals surface area contributed by atoms with E-state index in [4.69, 9.17) is 5.73 Å². The van der Waals surface area contributed by atoms with Gasteiger partial charge < -0.3 is 21.2 Å². The first-order chi connectivity index (χ1) is 7.31. The molecule has 6 nitrogen and oxygen atoms in total. The SMILES string of the molecule is CCC(=O)ONCCNCCNCCN. The van der Waals surface area contributed by atoms with Crippen LogP contribution in [0.25, 0.3) is 0 Å². The van der Waals surface area contributed by atoms with Crippen molar-refractivity contribution in [2.24, 2.45) is 5.73 Å². The second-order valence-corrected chi connectivity index (χ2v) is 3.01. The van der Waals surface area contributed by atoms with Crippen molar-refractivity contribution in [1.82, 2.24) is 16.1 Å². The molecular formula is C9H22N4O2. The van der Waals surface area contributed by atoms with Crippen LogP contribution >= 0.6 is 0 Å². The predicted molar refractivity (Wildman–Crippen MR) is 59.2 cm³/mol. The van der Waals surface area contributed by atoms with E-state index in [1.807, 2.05) is 0 Å². The maximum absolute atomic E-state index is 10.7. The van der Waals surface area contributed by atoms with Gasteiger partial charge in [-0.05, 0) is 0 Å². The first-order valence-electron chi connectivity index (χ1n) is 5.35. The van der Waals surface area contributed by atoms with Gasteiger partial charge in [0.2, 0.25) is 0 Å². The lowest BCUT2D eigenvalue weighted by Gasteiger charge is -2.06. The Bertz CT molecular complexity index is 155. The Labute approximate surface area is 90.9 Å². The molecular weight excluding hydrogens is 196 g/mol. The minimum atomic E-state index is -0.236. The summed E-state index contributed by atoms with van der Waals surface area (Å²) in [5.41, 5.74) is 7.89. The summed E-state index contributed by atoms with van der Waals surface area (Å²) < 4.78 is 0. The Hall–Kier alpha value is -0.690. The van der Waals surface area contributed by atoms with Gasteiger partial charge in [-0.25, -0.2) is 0 Å². The standard InChI is InChI=1S/C9H22N4O2/c1-2-9(14)15-13-8-7-12-6-5-11-4-3-10/h11-13H,2-8,10H2,1H3. The van der Waals surface area contributed by atoms with E-state index < -0.39 is 0 Å². The van der Waals surface area contributed by atoms with Gasteiger partial charge in [0.25, 0.3) is 0 Å². The largest absolute Gasteiger partial charge is 0.371 e. The molecule has 15 heavy (non-hydrogen) atoms. The van der Waals surface area contributed by atoms with Gasteiger partial charge in [-0.2, -0.15) is 5.48 Å². The van der Waals surface area contributed by atoms with E-state index in [1.54, 1.807) is 6.92 Å². The molecule has 0 saturated carbocycles. The second kappa shape index (κ2) is 11.4. The highest BCUT2D eigenvalue weighted by Crippen LogP contribution is 1.78. The fraction of sp³-hybridized carbons (Fsp3) is 0.889. The average molecular weight is 218 g/mol. The molecule has 0 fully saturated rings. The second-order valence-electron chi connectivity index (χ2n) is 3.01. The van der Waals surface area contributed by atoms with Crippen LogP contribution in [0.1, 0.15) is 13.3 Å². The van der Waals surface area contributed by atoms with E-state index in [1.165, 1.54) is 0 Å². The predicted octanol–water partition coefficient (Wildman–Crippen LogP) is -1.42. The molecule has 5 N–H and O–H groups in total. The van der Waals surface area contributed by atoms with Gasteiger partial charge in [0.05, 0.1) is 0 Å². The highest BCUT2D eigenvalue weighted by molar-refractivity contribution is 5.68. The van der Waals surface area contributed by atoms with Crippen LogP contribution in [0.3, 0.4) is 0 Å². The molecule has 0 radical (unpaired) electrons. The Morgan fingerprint density at radius 2 is 1.73 bits per heavy atom. The fourth-order valence-electron chi connectivity index (χ4n) is 0.872. The lowest BCUT2D eigenvalue weighted by Crippen LogP contribution is -2.34. The third kappa shape index (κ3) is 11.2. The van der Waals surface area contributed by atoms with Crippen LogP contribution in [0, 0.1) is 0 Å². The van der Waals surface area contributed by atoms with Crippen LogP contribution in [0.5, 0.6) is 0 Å². The van der Waals surface area contributed by atoms with Gasteiger partial charge in [0.1, 0.15) is 0 Å². The van der Waals surface area contributed by atoms with Crippen molar-refractivity contribution in [1.29, 1.82) is 0 Å². The van der Waals surface area contributed by atoms with Crippen molar-refractivity contribution < 1.29 is 9.63 Å². The summed E-state index contributed by atoms with van der Waals surface area (Å²) in [6.07, 6.45) is 0.392. The summed E-state index contributed by atoms with van der Waals surface area (Å²) in [6, 6.07) is 0. The van der Waals surface area contributed by atoms with Crippen LogP contribution in [0.15, 0.2) is 0 Å². The summed E-state index contributed by atoms with van der Waals surface area (Å²) in [5.74, 6) is -0.236. The van der Waals surface area contributed by atoms with Crippen molar-refractivity contribution in [2.45, 2.75) is 13.3 Å². The molecule has 0 rings (SSSR count). The van der Waals surface area contributed by atoms with E-state index in [2.05, 4.69) is 21.0 Å². The van der Waals surface area contributed by atoms with E-state index >= 15 is 0 Å². The molecule has 0 spiro atoms. The van der Waals surface area contributed by atoms with Crippen LogP contribution < -0.4 is 21.8 Å².